The van der Waals surface area contributed by atoms with Crippen molar-refractivity contribution in [3.63, 3.8) is 0 Å². The van der Waals surface area contributed by atoms with E-state index in [4.69, 9.17) is 15.0 Å². The lowest BCUT2D eigenvalue weighted by Crippen LogP contribution is -2.37. The minimum atomic E-state index is -1.32. The number of hydrogen-bond donors (Lipinski definition) is 0. The van der Waals surface area contributed by atoms with Crippen molar-refractivity contribution < 1.29 is 0 Å². The van der Waals surface area contributed by atoms with Crippen molar-refractivity contribution in [3.8, 4) is 67.5 Å². The van der Waals surface area contributed by atoms with Gasteiger partial charge in [-0.25, -0.2) is 15.0 Å². The maximum atomic E-state index is 5.02. The Labute approximate surface area is 295 Å². The molecule has 7 aromatic carbocycles. The zero-order valence-corrected chi connectivity index (χ0v) is 29.5. The molecular weight excluding hydrogens is 623 g/mol. The van der Waals surface area contributed by atoms with Crippen LogP contribution in [0.3, 0.4) is 0 Å². The summed E-state index contributed by atoms with van der Waals surface area (Å²) in [6.07, 6.45) is 0. The maximum absolute atomic E-state index is 5.02. The van der Waals surface area contributed by atoms with Gasteiger partial charge in [0.25, 0.3) is 0 Å². The van der Waals surface area contributed by atoms with Crippen LogP contribution >= 0.6 is 0 Å². The quantitative estimate of drug-likeness (QED) is 0.160. The van der Waals surface area contributed by atoms with Crippen LogP contribution in [-0.2, 0) is 0 Å². The molecule has 1 aromatic heterocycles. The Balaban J connectivity index is 1.08. The predicted octanol–water partition coefficient (Wildman–Crippen LogP) is 11.6. The Morgan fingerprint density at radius 1 is 0.340 bits per heavy atom. The summed E-state index contributed by atoms with van der Waals surface area (Å²) in [4.78, 5) is 14.9. The molecule has 0 unspecified atom stereocenters. The van der Waals surface area contributed by atoms with Crippen molar-refractivity contribution >= 4 is 24.0 Å². The van der Waals surface area contributed by atoms with Crippen LogP contribution in [0.25, 0.3) is 78.3 Å². The van der Waals surface area contributed by atoms with Gasteiger partial charge in [-0.2, -0.15) is 0 Å². The van der Waals surface area contributed by atoms with E-state index in [1.54, 1.807) is 0 Å². The van der Waals surface area contributed by atoms with E-state index in [2.05, 4.69) is 159 Å². The Morgan fingerprint density at radius 2 is 0.760 bits per heavy atom. The molecule has 0 N–H and O–H groups in total. The first-order chi connectivity index (χ1) is 24.4. The van der Waals surface area contributed by atoms with E-state index in [0.717, 1.165) is 38.6 Å². The van der Waals surface area contributed by atoms with Crippen LogP contribution in [0, 0.1) is 0 Å². The fraction of sp³-hybridized carbons (Fsp3) is 0.0652. The molecule has 0 bridgehead atoms. The molecule has 1 heterocycles. The summed E-state index contributed by atoms with van der Waals surface area (Å²) >= 11 is 0. The van der Waals surface area contributed by atoms with Gasteiger partial charge in [0.05, 0.1) is 8.07 Å². The largest absolute Gasteiger partial charge is 0.208 e. The normalized spacial score (nSPS) is 11.5. The molecule has 0 saturated carbocycles. The molecule has 8 aromatic rings. The van der Waals surface area contributed by atoms with Crippen molar-refractivity contribution in [2.45, 2.75) is 19.6 Å². The highest BCUT2D eigenvalue weighted by molar-refractivity contribution is 6.88. The lowest BCUT2D eigenvalue weighted by atomic mass is 9.97. The summed E-state index contributed by atoms with van der Waals surface area (Å²) in [5.74, 6) is 1.97. The number of hydrogen-bond acceptors (Lipinski definition) is 3. The average Bonchev–Trinajstić information content (AvgIpc) is 3.18. The molecule has 4 heteroatoms. The predicted molar refractivity (Wildman–Crippen MR) is 213 cm³/mol. The van der Waals surface area contributed by atoms with Gasteiger partial charge in [0.15, 0.2) is 17.5 Å². The number of benzene rings is 7. The van der Waals surface area contributed by atoms with Crippen LogP contribution in [-0.4, -0.2) is 23.0 Å². The highest BCUT2D eigenvalue weighted by Gasteiger charge is 2.16. The molecule has 0 aliphatic carbocycles. The van der Waals surface area contributed by atoms with E-state index in [-0.39, 0.29) is 0 Å². The minimum absolute atomic E-state index is 0.652. The minimum Gasteiger partial charge on any atom is -0.208 e. The van der Waals surface area contributed by atoms with Gasteiger partial charge in [0, 0.05) is 16.7 Å². The summed E-state index contributed by atoms with van der Waals surface area (Å²) in [5.41, 5.74) is 10.1. The first-order valence-corrected chi connectivity index (χ1v) is 20.6. The van der Waals surface area contributed by atoms with Crippen LogP contribution in [0.2, 0.25) is 19.6 Å². The van der Waals surface area contributed by atoms with Crippen molar-refractivity contribution in [2.75, 3.05) is 0 Å². The van der Waals surface area contributed by atoms with Crippen LogP contribution in [0.15, 0.2) is 170 Å². The van der Waals surface area contributed by atoms with Gasteiger partial charge in [-0.1, -0.05) is 189 Å². The molecule has 0 aliphatic rings. The maximum Gasteiger partial charge on any atom is 0.164 e. The third-order valence-electron chi connectivity index (χ3n) is 9.34. The first-order valence-electron chi connectivity index (χ1n) is 17.1. The second-order valence-electron chi connectivity index (χ2n) is 13.8. The van der Waals surface area contributed by atoms with E-state index < -0.39 is 8.07 Å². The monoisotopic (exact) mass is 659 g/mol. The molecule has 3 nitrogen and oxygen atoms in total. The molecule has 240 valence electrons. The zero-order valence-electron chi connectivity index (χ0n) is 28.5. The Morgan fingerprint density at radius 3 is 1.36 bits per heavy atom. The van der Waals surface area contributed by atoms with Crippen LogP contribution in [0.4, 0.5) is 0 Å². The SMILES string of the molecule is C[Si](C)(C)c1ccc(-c2cccc(-c3ccc(-c4ccc(-c5nc(-c6ccccc6)nc(-c6cccc7ccccc67)n5)cc4)cc3)c2)cc1. The molecule has 0 atom stereocenters. The van der Waals surface area contributed by atoms with E-state index in [9.17, 15) is 0 Å². The molecule has 0 saturated heterocycles. The van der Waals surface area contributed by atoms with E-state index in [1.807, 2.05) is 30.3 Å². The Bertz CT molecular complexity index is 2420. The van der Waals surface area contributed by atoms with Gasteiger partial charge < -0.3 is 0 Å². The summed E-state index contributed by atoms with van der Waals surface area (Å²) in [5, 5.41) is 3.76. The molecular formula is C46H37N3Si. The van der Waals surface area contributed by atoms with E-state index in [1.165, 1.54) is 27.4 Å². The summed E-state index contributed by atoms with van der Waals surface area (Å²) < 4.78 is 0. The van der Waals surface area contributed by atoms with Gasteiger partial charge >= 0.3 is 0 Å². The van der Waals surface area contributed by atoms with Crippen LogP contribution in [0.1, 0.15) is 0 Å². The van der Waals surface area contributed by atoms with E-state index in [0.29, 0.717) is 17.5 Å². The summed E-state index contributed by atoms with van der Waals surface area (Å²) in [7, 11) is -1.32. The van der Waals surface area contributed by atoms with Gasteiger partial charge in [-0.15, -0.1) is 0 Å². The average molecular weight is 660 g/mol. The second-order valence-corrected chi connectivity index (χ2v) is 18.8. The molecule has 0 radical (unpaired) electrons. The van der Waals surface area contributed by atoms with Gasteiger partial charge in [-0.3, -0.25) is 0 Å². The third kappa shape index (κ3) is 6.41. The molecule has 0 spiro atoms. The molecule has 0 amide bonds. The second kappa shape index (κ2) is 13.1. The number of rotatable bonds is 7. The van der Waals surface area contributed by atoms with Gasteiger partial charge in [0.2, 0.25) is 0 Å². The van der Waals surface area contributed by atoms with Crippen LogP contribution in [0.5, 0.6) is 0 Å². The van der Waals surface area contributed by atoms with Crippen molar-refractivity contribution in [1.82, 2.24) is 15.0 Å². The van der Waals surface area contributed by atoms with Crippen molar-refractivity contribution in [1.29, 1.82) is 0 Å². The first kappa shape index (κ1) is 31.3. The molecule has 0 fully saturated rings. The lowest BCUT2D eigenvalue weighted by molar-refractivity contribution is 1.08. The highest BCUT2D eigenvalue weighted by Crippen LogP contribution is 2.32. The summed E-state index contributed by atoms with van der Waals surface area (Å²) in [6.45, 7) is 7.17. The van der Waals surface area contributed by atoms with Crippen molar-refractivity contribution in [3.05, 3.63) is 170 Å². The third-order valence-corrected chi connectivity index (χ3v) is 11.4. The smallest absolute Gasteiger partial charge is 0.164 e. The number of fused-ring (bicyclic) bond motifs is 1. The topological polar surface area (TPSA) is 38.7 Å². The molecule has 50 heavy (non-hydrogen) atoms. The molecule has 8 rings (SSSR count). The fourth-order valence-electron chi connectivity index (χ4n) is 6.47. The van der Waals surface area contributed by atoms with Crippen molar-refractivity contribution in [2.24, 2.45) is 0 Å². The van der Waals surface area contributed by atoms with Crippen LogP contribution < -0.4 is 5.19 Å². The Hall–Kier alpha value is -5.97. The standard InChI is InChI=1S/C46H37N3Si/c1-50(2,3)41-29-27-35(28-30-41)40-16-9-15-39(31-40)34-21-19-32(20-22-34)33-23-25-38(26-24-33)45-47-44(37-12-5-4-6-13-37)48-46(49-45)43-18-10-14-36-11-7-8-17-42(36)43/h4-31H,1-3H3. The lowest BCUT2D eigenvalue weighted by Gasteiger charge is -2.17. The fourth-order valence-corrected chi connectivity index (χ4v) is 7.64. The van der Waals surface area contributed by atoms with E-state index >= 15 is 0 Å². The van der Waals surface area contributed by atoms with Gasteiger partial charge in [-0.05, 0) is 50.2 Å². The van der Waals surface area contributed by atoms with Gasteiger partial charge in [0.1, 0.15) is 0 Å². The summed E-state index contributed by atoms with van der Waals surface area (Å²) in [6, 6.07) is 60.1. The highest BCUT2D eigenvalue weighted by atomic mass is 28.3. The number of aromatic nitrogens is 3. The number of nitrogens with zero attached hydrogens (tertiary/aromatic N) is 3. The zero-order chi connectivity index (χ0) is 34.1. The Kier molecular flexibility index (Phi) is 8.23. The molecule has 0 aliphatic heterocycles.